The maximum absolute atomic E-state index is 14.7. The number of phosphoric ester groups is 1. The van der Waals surface area contributed by atoms with Crippen molar-refractivity contribution >= 4 is 19.4 Å². The average molecular weight is 658 g/mol. The van der Waals surface area contributed by atoms with E-state index in [-0.39, 0.29) is 69.8 Å². The molecular formula is C37H56NO7P. The van der Waals surface area contributed by atoms with Crippen molar-refractivity contribution in [2.24, 2.45) is 50.2 Å². The quantitative estimate of drug-likeness (QED) is 0.179. The molecule has 3 saturated carbocycles. The number of phosphoric acid groups is 1. The van der Waals surface area contributed by atoms with Crippen molar-refractivity contribution < 1.29 is 32.5 Å². The van der Waals surface area contributed by atoms with Gasteiger partial charge in [0.15, 0.2) is 17.9 Å². The van der Waals surface area contributed by atoms with Crippen LogP contribution in [-0.4, -0.2) is 37.7 Å². The van der Waals surface area contributed by atoms with Gasteiger partial charge in [0.05, 0.1) is 25.4 Å². The smallest absolute Gasteiger partial charge is 0.352 e. The van der Waals surface area contributed by atoms with Crippen LogP contribution in [0.25, 0.3) is 0 Å². The van der Waals surface area contributed by atoms with Crippen molar-refractivity contribution in [2.75, 3.05) is 19.8 Å². The summed E-state index contributed by atoms with van der Waals surface area (Å²) in [6.45, 7) is 21.5. The second kappa shape index (κ2) is 11.8. The number of ketones is 2. The van der Waals surface area contributed by atoms with Gasteiger partial charge in [0, 0.05) is 16.7 Å². The fraction of sp³-hybridized carbons (Fsp3) is 0.811. The van der Waals surface area contributed by atoms with Crippen LogP contribution in [-0.2, 0) is 32.5 Å². The molecule has 0 aliphatic heterocycles. The first kappa shape index (κ1) is 35.7. The number of carbonyl (C=O) groups is 2. The zero-order valence-corrected chi connectivity index (χ0v) is 30.7. The lowest BCUT2D eigenvalue weighted by atomic mass is 9.34. The van der Waals surface area contributed by atoms with Crippen LogP contribution in [0.3, 0.4) is 0 Å². The number of nitrogens with zero attached hydrogens (tertiary/aromatic N) is 1. The van der Waals surface area contributed by atoms with E-state index in [1.54, 1.807) is 20.8 Å². The Morgan fingerprint density at radius 2 is 1.61 bits per heavy atom. The first-order chi connectivity index (χ1) is 21.3. The van der Waals surface area contributed by atoms with Crippen LogP contribution in [0.5, 0.6) is 0 Å². The molecule has 0 aromatic heterocycles. The van der Waals surface area contributed by atoms with Crippen molar-refractivity contribution in [3.63, 3.8) is 0 Å². The molecule has 8 nitrogen and oxygen atoms in total. The second-order valence-corrected chi connectivity index (χ2v) is 18.5. The van der Waals surface area contributed by atoms with Gasteiger partial charge in [-0.05, 0) is 105 Å². The maximum Gasteiger partial charge on any atom is 0.477 e. The third kappa shape index (κ3) is 5.36. The van der Waals surface area contributed by atoms with Crippen LogP contribution >= 0.6 is 7.82 Å². The highest BCUT2D eigenvalue weighted by Crippen LogP contribution is 2.74. The highest BCUT2D eigenvalue weighted by Gasteiger charge is 2.69. The molecule has 1 unspecified atom stereocenters. The van der Waals surface area contributed by atoms with Crippen molar-refractivity contribution in [1.29, 1.82) is 5.26 Å². The van der Waals surface area contributed by atoms with Gasteiger partial charge in [0.25, 0.3) is 0 Å². The minimum atomic E-state index is -3.75. The van der Waals surface area contributed by atoms with Gasteiger partial charge in [-0.2, -0.15) is 5.26 Å². The molecule has 256 valence electrons. The van der Waals surface area contributed by atoms with E-state index < -0.39 is 24.9 Å². The lowest BCUT2D eigenvalue weighted by molar-refractivity contribution is -0.196. The summed E-state index contributed by atoms with van der Waals surface area (Å²) in [5, 5.41) is 9.99. The first-order valence-corrected chi connectivity index (χ1v) is 18.9. The summed E-state index contributed by atoms with van der Waals surface area (Å²) in [6, 6.07) is 2.20. The number of allylic oxidation sites excluding steroid dienone is 4. The van der Waals surface area contributed by atoms with Gasteiger partial charge >= 0.3 is 7.82 Å². The summed E-state index contributed by atoms with van der Waals surface area (Å²) < 4.78 is 35.8. The van der Waals surface area contributed by atoms with Crippen molar-refractivity contribution in [3.05, 3.63) is 23.3 Å². The highest BCUT2D eigenvalue weighted by molar-refractivity contribution is 7.48. The SMILES string of the molecule is CCOP(=O)(OCC)OC(C)OC[C@]12CCC(C)(C)C[C@H]1[C@H]1C(=O)C=C3[C@@]4(C)C=C(C#N)C(=O)C(C)(C)[C@@H]4CC[C@@]3(C)[C@]1(C)CC2. The zero-order valence-electron chi connectivity index (χ0n) is 29.8. The number of nitriles is 1. The third-order valence-corrected chi connectivity index (χ3v) is 15.2. The van der Waals surface area contributed by atoms with Gasteiger partial charge in [0.2, 0.25) is 0 Å². The summed E-state index contributed by atoms with van der Waals surface area (Å²) >= 11 is 0. The summed E-state index contributed by atoms with van der Waals surface area (Å²) in [5.41, 5.74) is -0.601. The van der Waals surface area contributed by atoms with E-state index in [0.29, 0.717) is 6.61 Å². The Labute approximate surface area is 276 Å². The molecule has 8 atom stereocenters. The summed E-state index contributed by atoms with van der Waals surface area (Å²) in [5.74, 6) is 0.0381. The second-order valence-electron chi connectivity index (χ2n) is 16.9. The molecule has 0 spiro atoms. The Bertz CT molecular complexity index is 1410. The fourth-order valence-electron chi connectivity index (χ4n) is 10.9. The molecule has 0 N–H and O–H groups in total. The highest BCUT2D eigenvalue weighted by atomic mass is 31.2. The molecule has 9 heteroatoms. The van der Waals surface area contributed by atoms with Crippen LogP contribution in [0.2, 0.25) is 0 Å². The van der Waals surface area contributed by atoms with Gasteiger partial charge in [0.1, 0.15) is 6.07 Å². The molecule has 0 aromatic rings. The molecule has 46 heavy (non-hydrogen) atoms. The molecule has 0 bridgehead atoms. The number of ether oxygens (including phenoxy) is 1. The fourth-order valence-corrected chi connectivity index (χ4v) is 12.2. The van der Waals surface area contributed by atoms with E-state index in [1.165, 1.54) is 0 Å². The Kier molecular flexibility index (Phi) is 9.13. The normalized spacial score (nSPS) is 40.3. The van der Waals surface area contributed by atoms with Crippen LogP contribution in [0, 0.1) is 61.6 Å². The van der Waals surface area contributed by atoms with Crippen LogP contribution in [0.1, 0.15) is 114 Å². The number of hydrogen-bond donors (Lipinski definition) is 0. The maximum atomic E-state index is 14.7. The molecule has 5 rings (SSSR count). The predicted octanol–water partition coefficient (Wildman–Crippen LogP) is 8.77. The number of hydrogen-bond acceptors (Lipinski definition) is 8. The van der Waals surface area contributed by atoms with Gasteiger partial charge in [-0.15, -0.1) is 0 Å². The van der Waals surface area contributed by atoms with Crippen molar-refractivity contribution in [2.45, 2.75) is 120 Å². The Balaban J connectivity index is 1.52. The van der Waals surface area contributed by atoms with Crippen molar-refractivity contribution in [3.8, 4) is 6.07 Å². The van der Waals surface area contributed by atoms with Gasteiger partial charge < -0.3 is 4.74 Å². The summed E-state index contributed by atoms with van der Waals surface area (Å²) in [6.07, 6.45) is 9.52. The Morgan fingerprint density at radius 1 is 0.978 bits per heavy atom. The molecule has 5 aliphatic rings. The summed E-state index contributed by atoms with van der Waals surface area (Å²) in [4.78, 5) is 28.1. The molecule has 0 radical (unpaired) electrons. The van der Waals surface area contributed by atoms with E-state index >= 15 is 0 Å². The molecule has 5 aliphatic carbocycles. The third-order valence-electron chi connectivity index (χ3n) is 13.5. The van der Waals surface area contributed by atoms with E-state index in [2.05, 4.69) is 40.7 Å². The molecule has 0 amide bonds. The van der Waals surface area contributed by atoms with Crippen LogP contribution in [0.4, 0.5) is 0 Å². The molecular weight excluding hydrogens is 601 g/mol. The molecule has 0 heterocycles. The van der Waals surface area contributed by atoms with E-state index in [9.17, 15) is 19.4 Å². The molecule has 3 fully saturated rings. The van der Waals surface area contributed by atoms with E-state index in [4.69, 9.17) is 18.3 Å². The van der Waals surface area contributed by atoms with Crippen LogP contribution in [0.15, 0.2) is 23.3 Å². The number of Topliss-reactive ketones (excluding diaryl/α,β-unsaturated/α-hetero) is 1. The summed E-state index contributed by atoms with van der Waals surface area (Å²) in [7, 11) is -3.75. The minimum Gasteiger partial charge on any atom is -0.352 e. The lowest BCUT2D eigenvalue weighted by Crippen LogP contribution is -2.65. The standard InChI is InChI=1S/C37H56NO7P/c1-11-43-46(41,44-12-2)45-24(3)42-23-37-17-15-32(4,5)21-26(37)30-27(39)19-29-34(8)20-25(22-38)31(40)33(6,7)28(34)13-14-35(29,9)36(30,10)16-18-37/h19-20,24,26,28,30H,11-18,21,23H2,1-10H3/t24?,26-,28-,30-,34-,35+,36+,37+/m0/s1. The number of fused-ring (bicyclic) bond motifs is 7. The lowest BCUT2D eigenvalue weighted by Gasteiger charge is -2.69. The Morgan fingerprint density at radius 3 is 2.22 bits per heavy atom. The largest absolute Gasteiger partial charge is 0.477 e. The van der Waals surface area contributed by atoms with E-state index in [0.717, 1.165) is 50.5 Å². The van der Waals surface area contributed by atoms with E-state index in [1.807, 2.05) is 26.0 Å². The molecule has 0 aromatic carbocycles. The average Bonchev–Trinajstić information content (AvgIpc) is 2.95. The van der Waals surface area contributed by atoms with Crippen molar-refractivity contribution in [1.82, 2.24) is 0 Å². The minimum absolute atomic E-state index is 0.0207. The zero-order chi connectivity index (χ0) is 34.1. The monoisotopic (exact) mass is 657 g/mol. The van der Waals surface area contributed by atoms with Gasteiger partial charge in [-0.1, -0.05) is 60.1 Å². The molecule has 0 saturated heterocycles. The number of carbonyl (C=O) groups excluding carboxylic acids is 2. The van der Waals surface area contributed by atoms with Gasteiger partial charge in [-0.25, -0.2) is 4.57 Å². The number of rotatable bonds is 9. The topological polar surface area (TPSA) is 112 Å². The Hall–Kier alpha value is -1.62. The predicted molar refractivity (Wildman–Crippen MR) is 176 cm³/mol. The van der Waals surface area contributed by atoms with Gasteiger partial charge in [-0.3, -0.25) is 23.2 Å². The first-order valence-electron chi connectivity index (χ1n) is 17.4. The van der Waals surface area contributed by atoms with Crippen LogP contribution < -0.4 is 0 Å².